The molecule has 0 aliphatic heterocycles. The number of benzene rings is 2. The third kappa shape index (κ3) is 3.57. The lowest BCUT2D eigenvalue weighted by Gasteiger charge is -2.14. The van der Waals surface area contributed by atoms with Gasteiger partial charge in [-0.25, -0.2) is 4.39 Å². The fourth-order valence-electron chi connectivity index (χ4n) is 2.61. The molecule has 3 aromatic rings. The molecule has 0 aliphatic rings. The number of aromatic amines is 1. The van der Waals surface area contributed by atoms with Gasteiger partial charge in [0.25, 0.3) is 0 Å². The summed E-state index contributed by atoms with van der Waals surface area (Å²) in [5.41, 5.74) is 2.79. The number of para-hydroxylation sites is 1. The molecule has 0 saturated carbocycles. The Morgan fingerprint density at radius 2 is 1.91 bits per heavy atom. The van der Waals surface area contributed by atoms with Gasteiger partial charge in [0.05, 0.1) is 0 Å². The van der Waals surface area contributed by atoms with Gasteiger partial charge in [0.15, 0.2) is 0 Å². The lowest BCUT2D eigenvalue weighted by molar-refractivity contribution is -0.139. The van der Waals surface area contributed by atoms with Gasteiger partial charge < -0.3 is 15.4 Å². The zero-order valence-electron chi connectivity index (χ0n) is 12.4. The molecule has 0 bridgehead atoms. The Kier molecular flexibility index (Phi) is 4.39. The van der Waals surface area contributed by atoms with Crippen molar-refractivity contribution in [3.05, 3.63) is 71.7 Å². The average Bonchev–Trinajstić information content (AvgIpc) is 2.96. The van der Waals surface area contributed by atoms with E-state index in [4.69, 9.17) is 0 Å². The third-order valence-electron chi connectivity index (χ3n) is 3.86. The molecule has 0 spiro atoms. The van der Waals surface area contributed by atoms with E-state index in [-0.39, 0.29) is 5.82 Å². The van der Waals surface area contributed by atoms with E-state index in [0.717, 1.165) is 22.0 Å². The van der Waals surface area contributed by atoms with Crippen molar-refractivity contribution >= 4 is 16.9 Å². The van der Waals surface area contributed by atoms with Crippen LogP contribution in [-0.4, -0.2) is 22.1 Å². The van der Waals surface area contributed by atoms with Crippen molar-refractivity contribution in [2.24, 2.45) is 0 Å². The minimum absolute atomic E-state index is 0.303. The number of carboxylic acids is 1. The maximum Gasteiger partial charge on any atom is 0.321 e. The van der Waals surface area contributed by atoms with Crippen molar-refractivity contribution < 1.29 is 14.3 Å². The lowest BCUT2D eigenvalue weighted by Crippen LogP contribution is -2.38. The van der Waals surface area contributed by atoms with E-state index in [1.165, 1.54) is 12.1 Å². The van der Waals surface area contributed by atoms with Crippen molar-refractivity contribution in [1.82, 2.24) is 10.3 Å². The Hall–Kier alpha value is -2.66. The van der Waals surface area contributed by atoms with Crippen LogP contribution in [0, 0.1) is 5.82 Å². The largest absolute Gasteiger partial charge is 0.480 e. The first kappa shape index (κ1) is 15.2. The van der Waals surface area contributed by atoms with Gasteiger partial charge in [-0.3, -0.25) is 4.79 Å². The van der Waals surface area contributed by atoms with Crippen LogP contribution in [0.25, 0.3) is 10.9 Å². The van der Waals surface area contributed by atoms with Crippen LogP contribution in [0.3, 0.4) is 0 Å². The monoisotopic (exact) mass is 312 g/mol. The standard InChI is InChI=1S/C18H17FN2O2/c19-14-7-5-12(6-8-14)10-20-17(18(22)23)9-13-11-21-16-4-2-1-3-15(13)16/h1-8,11,17,20-21H,9-10H2,(H,22,23)/t17-/m1/s1. The molecule has 2 aromatic carbocycles. The van der Waals surface area contributed by atoms with E-state index in [1.54, 1.807) is 12.1 Å². The van der Waals surface area contributed by atoms with Crippen LogP contribution >= 0.6 is 0 Å². The van der Waals surface area contributed by atoms with E-state index < -0.39 is 12.0 Å². The van der Waals surface area contributed by atoms with Gasteiger partial charge in [-0.2, -0.15) is 0 Å². The van der Waals surface area contributed by atoms with Crippen LogP contribution in [0.5, 0.6) is 0 Å². The van der Waals surface area contributed by atoms with Crippen LogP contribution in [0.2, 0.25) is 0 Å². The van der Waals surface area contributed by atoms with Gasteiger partial charge in [0, 0.05) is 30.1 Å². The zero-order chi connectivity index (χ0) is 16.2. The third-order valence-corrected chi connectivity index (χ3v) is 3.86. The number of carbonyl (C=O) groups is 1. The SMILES string of the molecule is O=C(O)[C@@H](Cc1c[nH]c2ccccc12)NCc1ccc(F)cc1. The van der Waals surface area contributed by atoms with E-state index in [9.17, 15) is 14.3 Å². The summed E-state index contributed by atoms with van der Waals surface area (Å²) in [5.74, 6) is -1.21. The number of carboxylic acid groups (broad SMARTS) is 1. The number of rotatable bonds is 6. The lowest BCUT2D eigenvalue weighted by atomic mass is 10.0. The minimum atomic E-state index is -0.905. The zero-order valence-corrected chi connectivity index (χ0v) is 12.4. The molecular weight excluding hydrogens is 295 g/mol. The topological polar surface area (TPSA) is 65.1 Å². The predicted molar refractivity (Wildman–Crippen MR) is 86.7 cm³/mol. The summed E-state index contributed by atoms with van der Waals surface area (Å²) in [4.78, 5) is 14.7. The molecule has 1 atom stereocenters. The summed E-state index contributed by atoms with van der Waals surface area (Å²) in [6.45, 7) is 0.375. The highest BCUT2D eigenvalue weighted by atomic mass is 19.1. The molecule has 0 aliphatic carbocycles. The quantitative estimate of drug-likeness (QED) is 0.655. The molecule has 0 fully saturated rings. The number of H-pyrrole nitrogens is 1. The number of hydrogen-bond acceptors (Lipinski definition) is 2. The maximum absolute atomic E-state index is 12.9. The number of halogens is 1. The molecule has 0 radical (unpaired) electrons. The van der Waals surface area contributed by atoms with Crippen molar-refractivity contribution in [2.75, 3.05) is 0 Å². The average molecular weight is 312 g/mol. The van der Waals surface area contributed by atoms with Crippen molar-refractivity contribution in [1.29, 1.82) is 0 Å². The molecule has 3 N–H and O–H groups in total. The van der Waals surface area contributed by atoms with Crippen LogP contribution in [0.15, 0.2) is 54.7 Å². The van der Waals surface area contributed by atoms with Gasteiger partial charge in [0.2, 0.25) is 0 Å². The Labute approximate surface area is 133 Å². The Morgan fingerprint density at radius 3 is 2.65 bits per heavy atom. The van der Waals surface area contributed by atoms with Crippen molar-refractivity contribution in [3.63, 3.8) is 0 Å². The van der Waals surface area contributed by atoms with Gasteiger partial charge in [0.1, 0.15) is 11.9 Å². The maximum atomic E-state index is 12.9. The first-order valence-corrected chi connectivity index (χ1v) is 7.39. The fourth-order valence-corrected chi connectivity index (χ4v) is 2.61. The van der Waals surface area contributed by atoms with Gasteiger partial charge in [-0.1, -0.05) is 30.3 Å². The summed E-state index contributed by atoms with van der Waals surface area (Å²) < 4.78 is 12.9. The van der Waals surface area contributed by atoms with Crippen molar-refractivity contribution in [2.45, 2.75) is 19.0 Å². The molecule has 23 heavy (non-hydrogen) atoms. The normalized spacial score (nSPS) is 12.4. The molecule has 3 rings (SSSR count). The second kappa shape index (κ2) is 6.62. The second-order valence-corrected chi connectivity index (χ2v) is 5.46. The van der Waals surface area contributed by atoms with Crippen LogP contribution in [0.1, 0.15) is 11.1 Å². The molecule has 0 unspecified atom stereocenters. The number of hydrogen-bond donors (Lipinski definition) is 3. The molecular formula is C18H17FN2O2. The van der Waals surface area contributed by atoms with Crippen LogP contribution in [0.4, 0.5) is 4.39 Å². The van der Waals surface area contributed by atoms with E-state index in [0.29, 0.717) is 13.0 Å². The fraction of sp³-hybridized carbons (Fsp3) is 0.167. The number of nitrogens with one attached hydrogen (secondary N) is 2. The van der Waals surface area contributed by atoms with E-state index >= 15 is 0 Å². The summed E-state index contributed by atoms with van der Waals surface area (Å²) in [5, 5.41) is 13.5. The Morgan fingerprint density at radius 1 is 1.17 bits per heavy atom. The minimum Gasteiger partial charge on any atom is -0.480 e. The van der Waals surface area contributed by atoms with Crippen LogP contribution in [-0.2, 0) is 17.8 Å². The number of aromatic nitrogens is 1. The second-order valence-electron chi connectivity index (χ2n) is 5.46. The van der Waals surface area contributed by atoms with Gasteiger partial charge in [-0.05, 0) is 29.3 Å². The molecule has 4 nitrogen and oxygen atoms in total. The van der Waals surface area contributed by atoms with Gasteiger partial charge >= 0.3 is 5.97 Å². The number of fused-ring (bicyclic) bond motifs is 1. The van der Waals surface area contributed by atoms with Crippen LogP contribution < -0.4 is 5.32 Å². The van der Waals surface area contributed by atoms with Crippen molar-refractivity contribution in [3.8, 4) is 0 Å². The summed E-state index contributed by atoms with van der Waals surface area (Å²) >= 11 is 0. The van der Waals surface area contributed by atoms with E-state index in [1.807, 2.05) is 30.5 Å². The number of aliphatic carboxylic acids is 1. The molecule has 1 heterocycles. The smallest absolute Gasteiger partial charge is 0.321 e. The molecule has 0 saturated heterocycles. The summed E-state index contributed by atoms with van der Waals surface area (Å²) in [7, 11) is 0. The molecule has 1 aromatic heterocycles. The van der Waals surface area contributed by atoms with Gasteiger partial charge in [-0.15, -0.1) is 0 Å². The summed E-state index contributed by atoms with van der Waals surface area (Å²) in [6.07, 6.45) is 2.22. The highest BCUT2D eigenvalue weighted by molar-refractivity contribution is 5.84. The van der Waals surface area contributed by atoms with E-state index in [2.05, 4.69) is 10.3 Å². The highest BCUT2D eigenvalue weighted by Gasteiger charge is 2.19. The Bertz CT molecular complexity index is 811. The highest BCUT2D eigenvalue weighted by Crippen LogP contribution is 2.19. The molecule has 118 valence electrons. The molecule has 5 heteroatoms. The summed E-state index contributed by atoms with van der Waals surface area (Å²) in [6, 6.07) is 13.1. The Balaban J connectivity index is 1.71. The first-order valence-electron chi connectivity index (χ1n) is 7.39. The molecule has 0 amide bonds. The predicted octanol–water partition coefficient (Wildman–Crippen LogP) is 3.09. The first-order chi connectivity index (χ1) is 11.1.